The highest BCUT2D eigenvalue weighted by atomic mass is 16.7. The van der Waals surface area contributed by atoms with Crippen LogP contribution in [0.5, 0.6) is 0 Å². The number of aliphatic hydroxyl groups is 2. The molecule has 0 unspecified atom stereocenters. The highest BCUT2D eigenvalue weighted by Gasteiger charge is 2.49. The van der Waals surface area contributed by atoms with Crippen LogP contribution in [0.2, 0.25) is 0 Å². The van der Waals surface area contributed by atoms with Crippen LogP contribution >= 0.6 is 0 Å². The Labute approximate surface area is 151 Å². The topological polar surface area (TPSA) is 118 Å². The highest BCUT2D eigenvalue weighted by Crippen LogP contribution is 2.43. The second-order valence-electron chi connectivity index (χ2n) is 7.80. The Morgan fingerprint density at radius 2 is 1.96 bits per heavy atom. The molecule has 1 atom stereocenters. The lowest BCUT2D eigenvalue weighted by atomic mass is 9.87. The van der Waals surface area contributed by atoms with Crippen molar-refractivity contribution in [2.24, 2.45) is 5.41 Å². The minimum absolute atomic E-state index is 0.107. The lowest BCUT2D eigenvalue weighted by molar-refractivity contribution is -0.306. The van der Waals surface area contributed by atoms with Gasteiger partial charge in [-0.15, -0.1) is 0 Å². The van der Waals surface area contributed by atoms with Gasteiger partial charge in [-0.05, 0) is 12.5 Å². The molecule has 1 aromatic rings. The normalized spacial score (nSPS) is 22.8. The van der Waals surface area contributed by atoms with Gasteiger partial charge in [0.25, 0.3) is 5.56 Å². The molecule has 0 aliphatic carbocycles. The SMILES string of the molecule is CC[C@@](O)(C(=O)O)c1cc2n(c(=O)c1CO)CCC21OCC(C)(C)CO1. The van der Waals surface area contributed by atoms with E-state index < -0.39 is 29.5 Å². The van der Waals surface area contributed by atoms with E-state index in [9.17, 15) is 24.9 Å². The summed E-state index contributed by atoms with van der Waals surface area (Å²) >= 11 is 0. The van der Waals surface area contributed by atoms with E-state index in [0.29, 0.717) is 31.9 Å². The van der Waals surface area contributed by atoms with Gasteiger partial charge >= 0.3 is 5.97 Å². The Morgan fingerprint density at radius 1 is 1.35 bits per heavy atom. The van der Waals surface area contributed by atoms with Crippen LogP contribution in [-0.2, 0) is 38.8 Å². The second kappa shape index (κ2) is 6.16. The van der Waals surface area contributed by atoms with Crippen LogP contribution in [-0.4, -0.2) is 39.1 Å². The fraction of sp³-hybridized carbons (Fsp3) is 0.667. The summed E-state index contributed by atoms with van der Waals surface area (Å²) in [6.07, 6.45) is 0.254. The maximum atomic E-state index is 12.8. The smallest absolute Gasteiger partial charge is 0.340 e. The minimum atomic E-state index is -2.27. The summed E-state index contributed by atoms with van der Waals surface area (Å²) in [5, 5.41) is 29.8. The molecule has 2 aliphatic rings. The average molecular weight is 367 g/mol. The predicted molar refractivity (Wildman–Crippen MR) is 90.4 cm³/mol. The number of aliphatic carboxylic acids is 1. The molecule has 26 heavy (non-hydrogen) atoms. The summed E-state index contributed by atoms with van der Waals surface area (Å²) in [6.45, 7) is 6.03. The van der Waals surface area contributed by atoms with Gasteiger partial charge in [-0.1, -0.05) is 20.8 Å². The van der Waals surface area contributed by atoms with Gasteiger partial charge in [-0.3, -0.25) is 4.79 Å². The number of hydrogen-bond acceptors (Lipinski definition) is 6. The van der Waals surface area contributed by atoms with Gasteiger partial charge < -0.3 is 29.4 Å². The molecule has 8 heteroatoms. The third-order valence-corrected chi connectivity index (χ3v) is 5.32. The van der Waals surface area contributed by atoms with Crippen molar-refractivity contribution < 1.29 is 29.6 Å². The summed E-state index contributed by atoms with van der Waals surface area (Å²) in [4.78, 5) is 24.5. The first-order valence-corrected chi connectivity index (χ1v) is 8.72. The number of fused-ring (bicyclic) bond motifs is 2. The first-order valence-electron chi connectivity index (χ1n) is 8.72. The fourth-order valence-electron chi connectivity index (χ4n) is 3.59. The molecule has 1 saturated heterocycles. The largest absolute Gasteiger partial charge is 0.479 e. The van der Waals surface area contributed by atoms with Crippen molar-refractivity contribution in [1.29, 1.82) is 0 Å². The van der Waals surface area contributed by atoms with E-state index in [0.717, 1.165) is 0 Å². The molecule has 0 saturated carbocycles. The number of carboxylic acid groups (broad SMARTS) is 1. The van der Waals surface area contributed by atoms with Crippen LogP contribution in [0.15, 0.2) is 10.9 Å². The van der Waals surface area contributed by atoms with E-state index in [2.05, 4.69) is 0 Å². The molecule has 1 fully saturated rings. The number of carbonyl (C=O) groups is 1. The van der Waals surface area contributed by atoms with Crippen molar-refractivity contribution in [1.82, 2.24) is 4.57 Å². The van der Waals surface area contributed by atoms with Crippen molar-refractivity contribution in [3.05, 3.63) is 33.2 Å². The summed E-state index contributed by atoms with van der Waals surface area (Å²) in [5.41, 5.74) is -2.80. The first kappa shape index (κ1) is 19.0. The van der Waals surface area contributed by atoms with Gasteiger partial charge in [0.05, 0.1) is 25.5 Å². The van der Waals surface area contributed by atoms with E-state index in [1.165, 1.54) is 17.6 Å². The second-order valence-corrected chi connectivity index (χ2v) is 7.80. The Hall–Kier alpha value is -1.74. The zero-order chi connectivity index (χ0) is 19.3. The van der Waals surface area contributed by atoms with E-state index in [-0.39, 0.29) is 23.0 Å². The Bertz CT molecular complexity index is 787. The van der Waals surface area contributed by atoms with Crippen LogP contribution in [0.3, 0.4) is 0 Å². The standard InChI is InChI=1S/C18H25NO7/c1-4-17(24,15(22)23)12-7-13-18(25-9-16(2,3)10-26-18)5-6-19(13)14(21)11(12)8-20/h7,20,24H,4-6,8-10H2,1-3H3,(H,22,23)/t17-/m0/s1. The molecule has 0 amide bonds. The molecule has 0 radical (unpaired) electrons. The van der Waals surface area contributed by atoms with Crippen LogP contribution in [0.25, 0.3) is 0 Å². The first-order chi connectivity index (χ1) is 12.1. The number of carboxylic acids is 1. The maximum absolute atomic E-state index is 12.8. The summed E-state index contributed by atoms with van der Waals surface area (Å²) < 4.78 is 13.4. The highest BCUT2D eigenvalue weighted by molar-refractivity contribution is 5.79. The average Bonchev–Trinajstić information content (AvgIpc) is 2.96. The molecular formula is C18H25NO7. The predicted octanol–water partition coefficient (Wildman–Crippen LogP) is 0.652. The zero-order valence-corrected chi connectivity index (χ0v) is 15.2. The third kappa shape index (κ3) is 2.68. The van der Waals surface area contributed by atoms with Gasteiger partial charge in [0, 0.05) is 29.5 Å². The Kier molecular flexibility index (Phi) is 4.51. The van der Waals surface area contributed by atoms with Gasteiger partial charge in [-0.25, -0.2) is 4.79 Å². The quantitative estimate of drug-likeness (QED) is 0.715. The number of aliphatic hydroxyl groups excluding tert-OH is 1. The van der Waals surface area contributed by atoms with E-state index in [1.807, 2.05) is 13.8 Å². The van der Waals surface area contributed by atoms with Crippen LogP contribution in [0.1, 0.15) is 50.4 Å². The Balaban J connectivity index is 2.19. The van der Waals surface area contributed by atoms with Crippen molar-refractivity contribution in [3.63, 3.8) is 0 Å². The van der Waals surface area contributed by atoms with Gasteiger partial charge in [0.2, 0.25) is 5.79 Å². The van der Waals surface area contributed by atoms with Crippen molar-refractivity contribution in [2.75, 3.05) is 13.2 Å². The maximum Gasteiger partial charge on any atom is 0.340 e. The molecule has 3 heterocycles. The molecular weight excluding hydrogens is 342 g/mol. The molecule has 1 aromatic heterocycles. The van der Waals surface area contributed by atoms with Gasteiger partial charge in [0.1, 0.15) is 0 Å². The number of rotatable bonds is 4. The molecule has 2 aliphatic heterocycles. The van der Waals surface area contributed by atoms with Crippen molar-refractivity contribution in [2.45, 2.75) is 58.2 Å². The summed E-state index contributed by atoms with van der Waals surface area (Å²) in [7, 11) is 0. The van der Waals surface area contributed by atoms with Crippen LogP contribution < -0.4 is 5.56 Å². The lowest BCUT2D eigenvalue weighted by Crippen LogP contribution is -2.46. The number of nitrogens with zero attached hydrogens (tertiary/aromatic N) is 1. The van der Waals surface area contributed by atoms with Crippen molar-refractivity contribution in [3.8, 4) is 0 Å². The van der Waals surface area contributed by atoms with E-state index in [4.69, 9.17) is 9.47 Å². The molecule has 0 bridgehead atoms. The molecule has 1 spiro atoms. The van der Waals surface area contributed by atoms with Gasteiger partial charge in [-0.2, -0.15) is 0 Å². The molecule has 3 N–H and O–H groups in total. The van der Waals surface area contributed by atoms with Crippen LogP contribution in [0.4, 0.5) is 0 Å². The third-order valence-electron chi connectivity index (χ3n) is 5.32. The number of hydrogen-bond donors (Lipinski definition) is 3. The fourth-order valence-corrected chi connectivity index (χ4v) is 3.59. The zero-order valence-electron chi connectivity index (χ0n) is 15.2. The summed E-state index contributed by atoms with van der Waals surface area (Å²) in [5.74, 6) is -2.61. The van der Waals surface area contributed by atoms with E-state index in [1.54, 1.807) is 0 Å². The minimum Gasteiger partial charge on any atom is -0.479 e. The van der Waals surface area contributed by atoms with Crippen LogP contribution in [0, 0.1) is 5.41 Å². The van der Waals surface area contributed by atoms with Gasteiger partial charge in [0.15, 0.2) is 5.60 Å². The molecule has 3 rings (SSSR count). The summed E-state index contributed by atoms with van der Waals surface area (Å²) in [6, 6.07) is 1.44. The number of pyridine rings is 1. The van der Waals surface area contributed by atoms with E-state index >= 15 is 0 Å². The number of aromatic nitrogens is 1. The molecule has 8 nitrogen and oxygen atoms in total. The van der Waals surface area contributed by atoms with Crippen molar-refractivity contribution >= 4 is 5.97 Å². The number of ether oxygens (including phenoxy) is 2. The molecule has 0 aromatic carbocycles. The monoisotopic (exact) mass is 367 g/mol. The molecule has 144 valence electrons. The Morgan fingerprint density at radius 3 is 2.46 bits per heavy atom. The lowest BCUT2D eigenvalue weighted by Gasteiger charge is -2.41.